The van der Waals surface area contributed by atoms with E-state index in [-0.39, 0.29) is 0 Å². The van der Waals surface area contributed by atoms with E-state index in [1.807, 2.05) is 0 Å². The maximum Gasteiger partial charge on any atom is 0.330 e. The Bertz CT molecular complexity index is 166. The lowest BCUT2D eigenvalue weighted by Gasteiger charge is -2.19. The van der Waals surface area contributed by atoms with Crippen molar-refractivity contribution in [3.8, 4) is 0 Å². The Kier molecular flexibility index (Phi) is 6.84. The smallest absolute Gasteiger partial charge is 0.330 e. The first-order valence-electron chi connectivity index (χ1n) is 4.82. The van der Waals surface area contributed by atoms with Crippen molar-refractivity contribution in [2.45, 2.75) is 38.2 Å². The number of halogens is 4. The van der Waals surface area contributed by atoms with E-state index in [4.69, 9.17) is 0 Å². The molecule has 0 heterocycles. The number of rotatable bonds is 8. The monoisotopic (exact) mass is 231 g/mol. The van der Waals surface area contributed by atoms with E-state index in [2.05, 4.69) is 10.1 Å². The summed E-state index contributed by atoms with van der Waals surface area (Å²) >= 11 is 0. The Labute approximate surface area is 87.0 Å². The molecule has 1 unspecified atom stereocenters. The van der Waals surface area contributed by atoms with Gasteiger partial charge in [0, 0.05) is 0 Å². The molecule has 0 aliphatic carbocycles. The Morgan fingerprint density at radius 3 is 2.40 bits per heavy atom. The topological polar surface area (TPSA) is 21.3 Å². The van der Waals surface area contributed by atoms with Gasteiger partial charge in [0.15, 0.2) is 0 Å². The standard InChI is InChI=1S/C9H17F4NO/c1-7(4-3-5-14-2)15-6-9(12,13)8(10)11/h7-8,14H,3-6H2,1-2H3. The summed E-state index contributed by atoms with van der Waals surface area (Å²) < 4.78 is 52.9. The molecule has 0 saturated carbocycles. The van der Waals surface area contributed by atoms with E-state index in [9.17, 15) is 17.6 Å². The number of hydrogen-bond acceptors (Lipinski definition) is 2. The van der Waals surface area contributed by atoms with Gasteiger partial charge >= 0.3 is 12.3 Å². The Morgan fingerprint density at radius 1 is 1.33 bits per heavy atom. The van der Waals surface area contributed by atoms with Crippen LogP contribution in [0.25, 0.3) is 0 Å². The normalized spacial score (nSPS) is 14.6. The SMILES string of the molecule is CNCCCC(C)OCC(F)(F)C(F)F. The van der Waals surface area contributed by atoms with Crippen molar-refractivity contribution in [1.29, 1.82) is 0 Å². The predicted octanol–water partition coefficient (Wildman–Crippen LogP) is 2.29. The molecule has 0 aromatic rings. The first-order valence-corrected chi connectivity index (χ1v) is 4.82. The third-order valence-corrected chi connectivity index (χ3v) is 1.92. The minimum atomic E-state index is -4.04. The average Bonchev–Trinajstić information content (AvgIpc) is 2.15. The van der Waals surface area contributed by atoms with Gasteiger partial charge < -0.3 is 10.1 Å². The van der Waals surface area contributed by atoms with E-state index in [0.717, 1.165) is 13.0 Å². The van der Waals surface area contributed by atoms with Crippen molar-refractivity contribution in [3.63, 3.8) is 0 Å². The van der Waals surface area contributed by atoms with Gasteiger partial charge in [0.1, 0.15) is 6.61 Å². The van der Waals surface area contributed by atoms with E-state index in [1.165, 1.54) is 0 Å². The van der Waals surface area contributed by atoms with Crippen molar-refractivity contribution in [1.82, 2.24) is 5.32 Å². The highest BCUT2D eigenvalue weighted by Crippen LogP contribution is 2.23. The number of nitrogens with one attached hydrogen (secondary N) is 1. The van der Waals surface area contributed by atoms with Gasteiger partial charge in [-0.3, -0.25) is 0 Å². The summed E-state index contributed by atoms with van der Waals surface area (Å²) in [4.78, 5) is 0. The van der Waals surface area contributed by atoms with Crippen molar-refractivity contribution in [3.05, 3.63) is 0 Å². The molecule has 6 heteroatoms. The zero-order valence-corrected chi connectivity index (χ0v) is 8.90. The zero-order chi connectivity index (χ0) is 11.9. The number of alkyl halides is 4. The van der Waals surface area contributed by atoms with E-state index in [0.29, 0.717) is 6.42 Å². The molecular formula is C9H17F4NO. The second-order valence-corrected chi connectivity index (χ2v) is 3.43. The van der Waals surface area contributed by atoms with Crippen LogP contribution in [-0.4, -0.2) is 38.7 Å². The second-order valence-electron chi connectivity index (χ2n) is 3.43. The fourth-order valence-electron chi connectivity index (χ4n) is 0.966. The molecule has 0 amide bonds. The molecule has 15 heavy (non-hydrogen) atoms. The highest BCUT2D eigenvalue weighted by molar-refractivity contribution is 4.68. The summed E-state index contributed by atoms with van der Waals surface area (Å²) in [5, 5.41) is 2.89. The van der Waals surface area contributed by atoms with Gasteiger partial charge in [-0.25, -0.2) is 8.78 Å². The van der Waals surface area contributed by atoms with E-state index < -0.39 is 25.1 Å². The molecule has 1 N–H and O–H groups in total. The molecule has 0 aliphatic heterocycles. The third kappa shape index (κ3) is 6.67. The van der Waals surface area contributed by atoms with E-state index >= 15 is 0 Å². The van der Waals surface area contributed by atoms with Gasteiger partial charge in [-0.1, -0.05) is 0 Å². The summed E-state index contributed by atoms with van der Waals surface area (Å²) in [6, 6.07) is 0. The summed E-state index contributed by atoms with van der Waals surface area (Å²) in [6.07, 6.45) is -2.76. The number of hydrogen-bond donors (Lipinski definition) is 1. The van der Waals surface area contributed by atoms with Crippen LogP contribution in [0.5, 0.6) is 0 Å². The van der Waals surface area contributed by atoms with Crippen LogP contribution < -0.4 is 5.32 Å². The van der Waals surface area contributed by atoms with Crippen LogP contribution in [0, 0.1) is 0 Å². The van der Waals surface area contributed by atoms with Crippen LogP contribution in [0.3, 0.4) is 0 Å². The molecule has 0 fully saturated rings. The van der Waals surface area contributed by atoms with Crippen LogP contribution in [0.15, 0.2) is 0 Å². The lowest BCUT2D eigenvalue weighted by molar-refractivity contribution is -0.174. The molecule has 1 atom stereocenters. The average molecular weight is 231 g/mol. The maximum absolute atomic E-state index is 12.4. The molecule has 0 radical (unpaired) electrons. The molecular weight excluding hydrogens is 214 g/mol. The van der Waals surface area contributed by atoms with Gasteiger partial charge in [0.25, 0.3) is 0 Å². The molecule has 0 aromatic heterocycles. The molecule has 0 spiro atoms. The highest BCUT2D eigenvalue weighted by Gasteiger charge is 2.41. The summed E-state index contributed by atoms with van der Waals surface area (Å²) in [5.74, 6) is -4.04. The van der Waals surface area contributed by atoms with Crippen molar-refractivity contribution >= 4 is 0 Å². The fourth-order valence-corrected chi connectivity index (χ4v) is 0.966. The zero-order valence-electron chi connectivity index (χ0n) is 8.90. The summed E-state index contributed by atoms with van der Waals surface area (Å²) in [5.41, 5.74) is 0. The minimum absolute atomic E-state index is 0.428. The van der Waals surface area contributed by atoms with Crippen LogP contribution in [0.1, 0.15) is 19.8 Å². The van der Waals surface area contributed by atoms with Crippen LogP contribution >= 0.6 is 0 Å². The summed E-state index contributed by atoms with van der Waals surface area (Å²) in [6.45, 7) is 1.13. The highest BCUT2D eigenvalue weighted by atomic mass is 19.3. The molecule has 0 aliphatic rings. The van der Waals surface area contributed by atoms with Gasteiger partial charge in [-0.05, 0) is 33.4 Å². The lowest BCUT2D eigenvalue weighted by atomic mass is 10.2. The number of ether oxygens (including phenoxy) is 1. The lowest BCUT2D eigenvalue weighted by Crippen LogP contribution is -2.34. The van der Waals surface area contributed by atoms with Gasteiger partial charge in [-0.15, -0.1) is 0 Å². The van der Waals surface area contributed by atoms with Gasteiger partial charge in [-0.2, -0.15) is 8.78 Å². The second kappa shape index (κ2) is 7.00. The Morgan fingerprint density at radius 2 is 1.93 bits per heavy atom. The van der Waals surface area contributed by atoms with Crippen LogP contribution in [0.2, 0.25) is 0 Å². The molecule has 92 valence electrons. The molecule has 0 saturated heterocycles. The Hall–Kier alpha value is -0.360. The van der Waals surface area contributed by atoms with Crippen molar-refractivity contribution in [2.75, 3.05) is 20.2 Å². The fraction of sp³-hybridized carbons (Fsp3) is 1.00. The molecule has 2 nitrogen and oxygen atoms in total. The Balaban J connectivity index is 3.65. The molecule has 0 bridgehead atoms. The minimum Gasteiger partial charge on any atom is -0.372 e. The first kappa shape index (κ1) is 14.6. The third-order valence-electron chi connectivity index (χ3n) is 1.92. The quantitative estimate of drug-likeness (QED) is 0.511. The van der Waals surface area contributed by atoms with Crippen LogP contribution in [-0.2, 0) is 4.74 Å². The maximum atomic E-state index is 12.4. The molecule has 0 aromatic carbocycles. The summed E-state index contributed by atoms with van der Waals surface area (Å²) in [7, 11) is 1.77. The van der Waals surface area contributed by atoms with Gasteiger partial charge in [0.05, 0.1) is 6.10 Å². The van der Waals surface area contributed by atoms with Crippen molar-refractivity contribution < 1.29 is 22.3 Å². The van der Waals surface area contributed by atoms with Crippen molar-refractivity contribution in [2.24, 2.45) is 0 Å². The largest absolute Gasteiger partial charge is 0.372 e. The molecule has 0 rings (SSSR count). The first-order chi connectivity index (χ1) is 6.90. The van der Waals surface area contributed by atoms with Crippen LogP contribution in [0.4, 0.5) is 17.6 Å². The predicted molar refractivity (Wildman–Crippen MR) is 49.5 cm³/mol. The van der Waals surface area contributed by atoms with E-state index in [1.54, 1.807) is 14.0 Å². The van der Waals surface area contributed by atoms with Gasteiger partial charge in [0.2, 0.25) is 0 Å².